The van der Waals surface area contributed by atoms with Crippen LogP contribution in [0.3, 0.4) is 0 Å². The summed E-state index contributed by atoms with van der Waals surface area (Å²) in [4.78, 5) is 24.2. The lowest BCUT2D eigenvalue weighted by Gasteiger charge is -2.16. The summed E-state index contributed by atoms with van der Waals surface area (Å²) < 4.78 is 10.6. The fourth-order valence-electron chi connectivity index (χ4n) is 3.23. The van der Waals surface area contributed by atoms with Gasteiger partial charge in [-0.15, -0.1) is 0 Å². The van der Waals surface area contributed by atoms with E-state index in [9.17, 15) is 9.59 Å². The second-order valence-corrected chi connectivity index (χ2v) is 7.86. The molecular weight excluding hydrogens is 366 g/mol. The first-order chi connectivity index (χ1) is 13.7. The number of hydrogen-bond acceptors (Lipinski definition) is 4. The minimum atomic E-state index is -0.584. The molecule has 0 aliphatic heterocycles. The number of aryl methyl sites for hydroxylation is 2. The van der Waals surface area contributed by atoms with E-state index in [1.165, 1.54) is 5.56 Å². The molecule has 5 nitrogen and oxygen atoms in total. The minimum absolute atomic E-state index is 0.241. The first-order valence-corrected chi connectivity index (χ1v) is 9.97. The van der Waals surface area contributed by atoms with E-state index in [0.29, 0.717) is 11.7 Å². The van der Waals surface area contributed by atoms with Crippen LogP contribution in [0.1, 0.15) is 61.8 Å². The topological polar surface area (TPSA) is 64.6 Å². The number of hydrogen-bond donors (Lipinski definition) is 1. The molecule has 2 rings (SSSR count). The number of anilines is 1. The maximum atomic E-state index is 12.2. The number of carbonyl (C=O) groups is 2. The van der Waals surface area contributed by atoms with Gasteiger partial charge in [0, 0.05) is 5.69 Å². The highest BCUT2D eigenvalue weighted by Crippen LogP contribution is 2.27. The molecule has 0 unspecified atom stereocenters. The van der Waals surface area contributed by atoms with Gasteiger partial charge in [0.15, 0.2) is 13.2 Å². The van der Waals surface area contributed by atoms with Crippen molar-refractivity contribution in [2.45, 2.75) is 53.4 Å². The second-order valence-electron chi connectivity index (χ2n) is 7.86. The van der Waals surface area contributed by atoms with Crippen molar-refractivity contribution in [3.63, 3.8) is 0 Å². The molecule has 0 atom stereocenters. The van der Waals surface area contributed by atoms with Gasteiger partial charge in [-0.05, 0) is 60.1 Å². The van der Waals surface area contributed by atoms with Gasteiger partial charge in [0.25, 0.3) is 5.91 Å². The van der Waals surface area contributed by atoms with E-state index in [-0.39, 0.29) is 25.0 Å². The zero-order valence-electron chi connectivity index (χ0n) is 18.2. The number of nitrogens with one attached hydrogen (secondary N) is 1. The molecule has 0 saturated heterocycles. The molecular formula is C24H31NO4. The van der Waals surface area contributed by atoms with E-state index in [4.69, 9.17) is 9.47 Å². The summed E-state index contributed by atoms with van der Waals surface area (Å²) >= 11 is 0. The number of rotatable bonds is 8. The smallest absolute Gasteiger partial charge is 0.344 e. The second kappa shape index (κ2) is 10.1. The number of para-hydroxylation sites is 1. The third kappa shape index (κ3) is 6.34. The summed E-state index contributed by atoms with van der Waals surface area (Å²) in [5.74, 6) is 0.352. The highest BCUT2D eigenvalue weighted by molar-refractivity contribution is 5.94. The molecule has 0 aliphatic carbocycles. The van der Waals surface area contributed by atoms with Crippen LogP contribution < -0.4 is 10.1 Å². The van der Waals surface area contributed by atoms with Crippen molar-refractivity contribution in [3.8, 4) is 5.75 Å². The fourth-order valence-corrected chi connectivity index (χ4v) is 3.23. The maximum Gasteiger partial charge on any atom is 0.344 e. The Labute approximate surface area is 173 Å². The van der Waals surface area contributed by atoms with Crippen LogP contribution in [0.15, 0.2) is 36.4 Å². The molecule has 0 bridgehead atoms. The van der Waals surface area contributed by atoms with Crippen molar-refractivity contribution in [3.05, 3.63) is 58.7 Å². The van der Waals surface area contributed by atoms with E-state index in [1.807, 2.05) is 50.2 Å². The van der Waals surface area contributed by atoms with Gasteiger partial charge in [-0.25, -0.2) is 4.79 Å². The van der Waals surface area contributed by atoms with Crippen LogP contribution in [0, 0.1) is 13.8 Å². The fraction of sp³-hybridized carbons (Fsp3) is 0.417. The normalized spacial score (nSPS) is 10.9. The van der Waals surface area contributed by atoms with Crippen molar-refractivity contribution >= 4 is 17.6 Å². The van der Waals surface area contributed by atoms with Crippen LogP contribution in [0.4, 0.5) is 5.69 Å². The van der Waals surface area contributed by atoms with Crippen molar-refractivity contribution in [2.75, 3.05) is 18.5 Å². The summed E-state index contributed by atoms with van der Waals surface area (Å²) in [6, 6.07) is 11.6. The average Bonchev–Trinajstić information content (AvgIpc) is 2.65. The molecule has 0 spiro atoms. The Balaban J connectivity index is 1.85. The van der Waals surface area contributed by atoms with Crippen LogP contribution in [0.25, 0.3) is 0 Å². The lowest BCUT2D eigenvalue weighted by Crippen LogP contribution is -2.24. The van der Waals surface area contributed by atoms with Gasteiger partial charge < -0.3 is 14.8 Å². The standard InChI is InChI=1S/C24H31NO4/c1-15(2)20-11-10-19(12-18(20)6)28-14-23(27)29-13-22(26)25-24-17(5)8-7-9-21(24)16(3)4/h7-12,15-16H,13-14H2,1-6H3,(H,25,26). The van der Waals surface area contributed by atoms with Gasteiger partial charge in [0.2, 0.25) is 0 Å². The molecule has 156 valence electrons. The molecule has 2 aromatic rings. The minimum Gasteiger partial charge on any atom is -0.482 e. The molecule has 0 heterocycles. The number of amides is 1. The van der Waals surface area contributed by atoms with Crippen LogP contribution in [0.2, 0.25) is 0 Å². The van der Waals surface area contributed by atoms with Gasteiger partial charge in [-0.3, -0.25) is 4.79 Å². The van der Waals surface area contributed by atoms with Crippen LogP contribution in [-0.4, -0.2) is 25.1 Å². The monoisotopic (exact) mass is 397 g/mol. The Morgan fingerprint density at radius 1 is 0.897 bits per heavy atom. The summed E-state index contributed by atoms with van der Waals surface area (Å²) in [7, 11) is 0. The van der Waals surface area contributed by atoms with Gasteiger partial charge >= 0.3 is 5.97 Å². The molecule has 5 heteroatoms. The van der Waals surface area contributed by atoms with Gasteiger partial charge in [-0.2, -0.15) is 0 Å². The molecule has 0 saturated carbocycles. The zero-order chi connectivity index (χ0) is 21.6. The predicted molar refractivity (Wildman–Crippen MR) is 116 cm³/mol. The van der Waals surface area contributed by atoms with E-state index >= 15 is 0 Å². The average molecular weight is 398 g/mol. The van der Waals surface area contributed by atoms with Gasteiger partial charge in [0.1, 0.15) is 5.75 Å². The molecule has 1 amide bonds. The largest absolute Gasteiger partial charge is 0.482 e. The molecule has 0 fully saturated rings. The highest BCUT2D eigenvalue weighted by atomic mass is 16.6. The Morgan fingerprint density at radius 3 is 2.21 bits per heavy atom. The Bertz CT molecular complexity index is 871. The summed E-state index contributed by atoms with van der Waals surface area (Å²) in [5, 5.41) is 2.86. The maximum absolute atomic E-state index is 12.2. The SMILES string of the molecule is Cc1cc(OCC(=O)OCC(=O)Nc2c(C)cccc2C(C)C)ccc1C(C)C. The quantitative estimate of drug-likeness (QED) is 0.629. The Hall–Kier alpha value is -2.82. The van der Waals surface area contributed by atoms with Gasteiger partial charge in [-0.1, -0.05) is 52.0 Å². The summed E-state index contributed by atoms with van der Waals surface area (Å²) in [6.07, 6.45) is 0. The number of ether oxygens (including phenoxy) is 2. The van der Waals surface area contributed by atoms with E-state index in [2.05, 4.69) is 33.0 Å². The van der Waals surface area contributed by atoms with Crippen molar-refractivity contribution in [1.29, 1.82) is 0 Å². The lowest BCUT2D eigenvalue weighted by molar-refractivity contribution is -0.149. The van der Waals surface area contributed by atoms with E-state index in [0.717, 1.165) is 22.4 Å². The van der Waals surface area contributed by atoms with E-state index < -0.39 is 5.97 Å². The molecule has 0 aliphatic rings. The highest BCUT2D eigenvalue weighted by Gasteiger charge is 2.14. The third-order valence-corrected chi connectivity index (χ3v) is 4.78. The summed E-state index contributed by atoms with van der Waals surface area (Å²) in [5.41, 5.74) is 5.16. The predicted octanol–water partition coefficient (Wildman–Crippen LogP) is 5.11. The lowest BCUT2D eigenvalue weighted by atomic mass is 9.98. The first-order valence-electron chi connectivity index (χ1n) is 9.97. The van der Waals surface area contributed by atoms with Crippen molar-refractivity contribution in [1.82, 2.24) is 0 Å². The molecule has 0 radical (unpaired) electrons. The number of benzene rings is 2. The number of carbonyl (C=O) groups excluding carboxylic acids is 2. The zero-order valence-corrected chi connectivity index (χ0v) is 18.2. The third-order valence-electron chi connectivity index (χ3n) is 4.78. The molecule has 1 N–H and O–H groups in total. The van der Waals surface area contributed by atoms with Crippen molar-refractivity contribution < 1.29 is 19.1 Å². The Kier molecular flexibility index (Phi) is 7.82. The van der Waals surface area contributed by atoms with E-state index in [1.54, 1.807) is 0 Å². The van der Waals surface area contributed by atoms with Crippen LogP contribution in [0.5, 0.6) is 5.75 Å². The van der Waals surface area contributed by atoms with Crippen LogP contribution >= 0.6 is 0 Å². The van der Waals surface area contributed by atoms with Gasteiger partial charge in [0.05, 0.1) is 0 Å². The van der Waals surface area contributed by atoms with Crippen molar-refractivity contribution in [2.24, 2.45) is 0 Å². The van der Waals surface area contributed by atoms with Crippen LogP contribution in [-0.2, 0) is 14.3 Å². The number of esters is 1. The molecule has 2 aromatic carbocycles. The summed E-state index contributed by atoms with van der Waals surface area (Å²) in [6.45, 7) is 11.8. The molecule has 0 aromatic heterocycles. The molecule has 29 heavy (non-hydrogen) atoms. The first kappa shape index (κ1) is 22.5. The Morgan fingerprint density at radius 2 is 1.59 bits per heavy atom.